The first-order valence-electron chi connectivity index (χ1n) is 8.94. The van der Waals surface area contributed by atoms with Crippen molar-refractivity contribution in [2.45, 2.75) is 53.4 Å². The van der Waals surface area contributed by atoms with Gasteiger partial charge in [-0.15, -0.1) is 0 Å². The molecule has 0 heterocycles. The van der Waals surface area contributed by atoms with Crippen molar-refractivity contribution in [2.75, 3.05) is 24.7 Å². The first-order chi connectivity index (χ1) is 11.2. The maximum absolute atomic E-state index is 11.7. The van der Waals surface area contributed by atoms with Crippen LogP contribution in [0.15, 0.2) is 12.1 Å². The minimum atomic E-state index is -0.343. The molecule has 1 aliphatic rings. The number of hydrogen-bond donors (Lipinski definition) is 2. The summed E-state index contributed by atoms with van der Waals surface area (Å²) in [6.07, 6.45) is 5.11. The van der Waals surface area contributed by atoms with Gasteiger partial charge in [0.05, 0.1) is 24.0 Å². The van der Waals surface area contributed by atoms with Gasteiger partial charge in [0.2, 0.25) is 0 Å². The molecule has 1 saturated carbocycles. The van der Waals surface area contributed by atoms with Crippen LogP contribution in [0.3, 0.4) is 0 Å². The Bertz CT molecular complexity index is 596. The largest absolute Gasteiger partial charge is 0.465 e. The van der Waals surface area contributed by atoms with E-state index < -0.39 is 0 Å². The molecule has 2 rings (SSSR count). The molecule has 0 amide bonds. The van der Waals surface area contributed by atoms with E-state index >= 15 is 0 Å². The van der Waals surface area contributed by atoms with Crippen LogP contribution in [-0.4, -0.2) is 19.6 Å². The van der Waals surface area contributed by atoms with Crippen LogP contribution in [0.4, 0.5) is 11.4 Å². The smallest absolute Gasteiger partial charge is 0.338 e. The Morgan fingerprint density at radius 2 is 2.08 bits per heavy atom. The monoisotopic (exact) mass is 332 g/mol. The highest BCUT2D eigenvalue weighted by Gasteiger charge is 2.31. The standard InChI is InChI=1S/C20H32N2O2/c1-13-8-15(12-20(3,4)11-13)6-7-22-18-9-14(2)16(10-17(18)21)19(23)24-5/h9-10,13,15,22H,6-8,11-12,21H2,1-5H3/t13-,15?/m0/s1. The molecule has 4 nitrogen and oxygen atoms in total. The second-order valence-corrected chi connectivity index (χ2v) is 8.24. The number of nitrogens with two attached hydrogens (primary N) is 1. The molecular formula is C20H32N2O2. The highest BCUT2D eigenvalue weighted by molar-refractivity contribution is 5.93. The summed E-state index contributed by atoms with van der Waals surface area (Å²) in [4.78, 5) is 11.7. The molecule has 24 heavy (non-hydrogen) atoms. The summed E-state index contributed by atoms with van der Waals surface area (Å²) in [7, 11) is 1.39. The van der Waals surface area contributed by atoms with Crippen LogP contribution < -0.4 is 11.1 Å². The van der Waals surface area contributed by atoms with E-state index in [9.17, 15) is 4.79 Å². The van der Waals surface area contributed by atoms with Crippen LogP contribution in [0, 0.1) is 24.2 Å². The van der Waals surface area contributed by atoms with Gasteiger partial charge in [0.15, 0.2) is 0 Å². The van der Waals surface area contributed by atoms with Crippen LogP contribution in [0.1, 0.15) is 62.4 Å². The van der Waals surface area contributed by atoms with Gasteiger partial charge in [0.1, 0.15) is 0 Å². The average Bonchev–Trinajstić information content (AvgIpc) is 2.47. The molecule has 3 N–H and O–H groups in total. The van der Waals surface area contributed by atoms with E-state index in [1.54, 1.807) is 6.07 Å². The van der Waals surface area contributed by atoms with Crippen molar-refractivity contribution in [1.29, 1.82) is 0 Å². The van der Waals surface area contributed by atoms with Crippen molar-refractivity contribution < 1.29 is 9.53 Å². The molecule has 1 aromatic rings. The number of carbonyl (C=O) groups is 1. The van der Waals surface area contributed by atoms with Gasteiger partial charge in [-0.05, 0) is 67.6 Å². The molecule has 134 valence electrons. The number of nitrogen functional groups attached to an aromatic ring is 1. The lowest BCUT2D eigenvalue weighted by Gasteiger charge is -2.39. The third-order valence-corrected chi connectivity index (χ3v) is 5.15. The summed E-state index contributed by atoms with van der Waals surface area (Å²) in [5, 5.41) is 3.45. The zero-order valence-electron chi connectivity index (χ0n) is 15.7. The van der Waals surface area contributed by atoms with E-state index in [-0.39, 0.29) is 5.97 Å². The number of hydrogen-bond acceptors (Lipinski definition) is 4. The van der Waals surface area contributed by atoms with Crippen molar-refractivity contribution in [2.24, 2.45) is 17.3 Å². The molecule has 0 bridgehead atoms. The molecule has 1 unspecified atom stereocenters. The Morgan fingerprint density at radius 3 is 2.71 bits per heavy atom. The van der Waals surface area contributed by atoms with E-state index in [0.717, 1.165) is 36.1 Å². The molecule has 1 aliphatic carbocycles. The fourth-order valence-electron chi connectivity index (χ4n) is 4.38. The molecule has 0 saturated heterocycles. The number of methoxy groups -OCH3 is 1. The van der Waals surface area contributed by atoms with Gasteiger partial charge in [-0.1, -0.05) is 20.8 Å². The summed E-state index contributed by atoms with van der Waals surface area (Å²) >= 11 is 0. The average molecular weight is 332 g/mol. The normalized spacial score (nSPS) is 22.9. The maximum Gasteiger partial charge on any atom is 0.338 e. The Morgan fingerprint density at radius 1 is 1.38 bits per heavy atom. The third kappa shape index (κ3) is 4.65. The number of aryl methyl sites for hydroxylation is 1. The van der Waals surface area contributed by atoms with Gasteiger partial charge in [0, 0.05) is 6.54 Å². The number of anilines is 2. The second kappa shape index (κ2) is 7.45. The lowest BCUT2D eigenvalue weighted by molar-refractivity contribution is 0.0600. The first-order valence-corrected chi connectivity index (χ1v) is 8.94. The van der Waals surface area contributed by atoms with Gasteiger partial charge in [-0.25, -0.2) is 4.79 Å². The fraction of sp³-hybridized carbons (Fsp3) is 0.650. The van der Waals surface area contributed by atoms with Crippen molar-refractivity contribution >= 4 is 17.3 Å². The van der Waals surface area contributed by atoms with Crippen molar-refractivity contribution in [3.63, 3.8) is 0 Å². The van der Waals surface area contributed by atoms with Crippen LogP contribution in [0.25, 0.3) is 0 Å². The molecule has 0 aromatic heterocycles. The van der Waals surface area contributed by atoms with E-state index in [0.29, 0.717) is 16.7 Å². The van der Waals surface area contributed by atoms with Gasteiger partial charge in [-0.3, -0.25) is 0 Å². The summed E-state index contributed by atoms with van der Waals surface area (Å²) in [6.45, 7) is 9.96. The Labute approximate surface area is 146 Å². The van der Waals surface area contributed by atoms with E-state index in [1.165, 1.54) is 26.4 Å². The zero-order chi connectivity index (χ0) is 17.9. The molecule has 1 aromatic carbocycles. The molecule has 2 atom stereocenters. The van der Waals surface area contributed by atoms with Gasteiger partial charge in [0.25, 0.3) is 0 Å². The number of carbonyl (C=O) groups excluding carboxylic acids is 1. The first kappa shape index (κ1) is 18.6. The minimum absolute atomic E-state index is 0.343. The topological polar surface area (TPSA) is 64.3 Å². The number of nitrogens with one attached hydrogen (secondary N) is 1. The lowest BCUT2D eigenvalue weighted by Crippen LogP contribution is -2.28. The minimum Gasteiger partial charge on any atom is -0.465 e. The number of ether oxygens (including phenoxy) is 1. The molecule has 0 spiro atoms. The molecule has 1 fully saturated rings. The summed E-state index contributed by atoms with van der Waals surface area (Å²) in [6, 6.07) is 3.64. The summed E-state index contributed by atoms with van der Waals surface area (Å²) in [5.41, 5.74) is 9.47. The van der Waals surface area contributed by atoms with Crippen LogP contribution >= 0.6 is 0 Å². The van der Waals surface area contributed by atoms with Crippen LogP contribution in [0.2, 0.25) is 0 Å². The predicted molar refractivity (Wildman–Crippen MR) is 100 cm³/mol. The lowest BCUT2D eigenvalue weighted by atomic mass is 9.67. The predicted octanol–water partition coefficient (Wildman–Crippen LogP) is 4.63. The van der Waals surface area contributed by atoms with Crippen molar-refractivity contribution in [3.8, 4) is 0 Å². The Balaban J connectivity index is 1.95. The quantitative estimate of drug-likeness (QED) is 0.609. The van der Waals surface area contributed by atoms with Crippen molar-refractivity contribution in [1.82, 2.24) is 0 Å². The fourth-order valence-corrected chi connectivity index (χ4v) is 4.38. The Kier molecular flexibility index (Phi) is 5.79. The van der Waals surface area contributed by atoms with Crippen molar-refractivity contribution in [3.05, 3.63) is 23.3 Å². The van der Waals surface area contributed by atoms with Crippen LogP contribution in [-0.2, 0) is 4.74 Å². The van der Waals surface area contributed by atoms with E-state index in [2.05, 4.69) is 26.1 Å². The van der Waals surface area contributed by atoms with Gasteiger partial charge < -0.3 is 15.8 Å². The van der Waals surface area contributed by atoms with Gasteiger partial charge in [-0.2, -0.15) is 0 Å². The number of benzene rings is 1. The third-order valence-electron chi connectivity index (χ3n) is 5.15. The number of esters is 1. The number of rotatable bonds is 5. The zero-order valence-corrected chi connectivity index (χ0v) is 15.7. The highest BCUT2D eigenvalue weighted by atomic mass is 16.5. The summed E-state index contributed by atoms with van der Waals surface area (Å²) in [5.74, 6) is 1.24. The molecule has 0 aliphatic heterocycles. The second-order valence-electron chi connectivity index (χ2n) is 8.24. The van der Waals surface area contributed by atoms with E-state index in [4.69, 9.17) is 10.5 Å². The summed E-state index contributed by atoms with van der Waals surface area (Å²) < 4.78 is 4.79. The van der Waals surface area contributed by atoms with Crippen LogP contribution in [0.5, 0.6) is 0 Å². The highest BCUT2D eigenvalue weighted by Crippen LogP contribution is 2.42. The molecule has 0 radical (unpaired) electrons. The Hall–Kier alpha value is -1.71. The SMILES string of the molecule is COC(=O)c1cc(N)c(NCCC2C[C@H](C)CC(C)(C)C2)cc1C. The molecular weight excluding hydrogens is 300 g/mol. The maximum atomic E-state index is 11.7. The van der Waals surface area contributed by atoms with Gasteiger partial charge >= 0.3 is 5.97 Å². The van der Waals surface area contributed by atoms with E-state index in [1.807, 2.05) is 13.0 Å². The molecule has 4 heteroatoms.